The Balaban J connectivity index is 2.21. The first kappa shape index (κ1) is 15.0. The van der Waals surface area contributed by atoms with Crippen molar-refractivity contribution in [3.05, 3.63) is 18.2 Å². The smallest absolute Gasteiger partial charge is 0.321 e. The average molecular weight is 310 g/mol. The van der Waals surface area contributed by atoms with Gasteiger partial charge >= 0.3 is 6.03 Å². The number of amides is 3. The summed E-state index contributed by atoms with van der Waals surface area (Å²) in [4.78, 5) is 26.9. The lowest BCUT2D eigenvalue weighted by molar-refractivity contribution is -0.119. The molecule has 4 N–H and O–H groups in total. The highest BCUT2D eigenvalue weighted by Gasteiger charge is 2.26. The van der Waals surface area contributed by atoms with E-state index in [4.69, 9.17) is 10.2 Å². The fourth-order valence-corrected chi connectivity index (χ4v) is 2.45. The van der Waals surface area contributed by atoms with Crippen LogP contribution in [0.5, 0.6) is 0 Å². The van der Waals surface area contributed by atoms with Crippen LogP contribution in [-0.2, 0) is 15.6 Å². The van der Waals surface area contributed by atoms with Gasteiger partial charge in [-0.05, 0) is 19.1 Å². The molecule has 2 aromatic rings. The lowest BCUT2D eigenvalue weighted by Crippen LogP contribution is -2.43. The molecule has 0 fully saturated rings. The van der Waals surface area contributed by atoms with Crippen LogP contribution < -0.4 is 16.4 Å². The molecule has 0 saturated heterocycles. The Kier molecular flexibility index (Phi) is 4.22. The summed E-state index contributed by atoms with van der Waals surface area (Å²) in [6.45, 7) is 1.41. The summed E-state index contributed by atoms with van der Waals surface area (Å²) in [7, 11) is -0.456. The molecule has 0 aliphatic carbocycles. The molecule has 2 atom stereocenters. The third kappa shape index (κ3) is 3.19. The van der Waals surface area contributed by atoms with Gasteiger partial charge in [-0.25, -0.2) is 14.0 Å². The van der Waals surface area contributed by atoms with Gasteiger partial charge in [-0.15, -0.1) is 0 Å². The van der Waals surface area contributed by atoms with Gasteiger partial charge in [0.1, 0.15) is 21.6 Å². The van der Waals surface area contributed by atoms with Crippen LogP contribution in [0.4, 0.5) is 10.5 Å². The maximum absolute atomic E-state index is 12.2. The number of urea groups is 1. The van der Waals surface area contributed by atoms with Crippen LogP contribution in [0.25, 0.3) is 11.1 Å². The predicted molar refractivity (Wildman–Crippen MR) is 76.9 cm³/mol. The van der Waals surface area contributed by atoms with E-state index in [1.165, 1.54) is 14.0 Å². The van der Waals surface area contributed by atoms with Crippen molar-refractivity contribution in [1.82, 2.24) is 15.6 Å². The monoisotopic (exact) mass is 310 g/mol. The van der Waals surface area contributed by atoms with Gasteiger partial charge in [0.05, 0.1) is 0 Å². The summed E-state index contributed by atoms with van der Waals surface area (Å²) in [5.74, 6) is -0.686. The molecule has 112 valence electrons. The minimum atomic E-state index is -1.83. The summed E-state index contributed by atoms with van der Waals surface area (Å²) in [6, 6.07) is 4.15. The number of benzene rings is 1. The highest BCUT2D eigenvalue weighted by molar-refractivity contribution is 7.86. The van der Waals surface area contributed by atoms with Crippen molar-refractivity contribution < 1.29 is 18.2 Å². The zero-order chi connectivity index (χ0) is 15.6. The molecule has 0 aliphatic heterocycles. The normalized spacial score (nSPS) is 13.6. The van der Waals surface area contributed by atoms with E-state index in [1.54, 1.807) is 18.2 Å². The van der Waals surface area contributed by atoms with Crippen LogP contribution in [0.3, 0.4) is 0 Å². The van der Waals surface area contributed by atoms with Crippen LogP contribution in [-0.4, -0.2) is 33.4 Å². The molecule has 0 radical (unpaired) electrons. The first-order chi connectivity index (χ1) is 9.92. The fourth-order valence-electron chi connectivity index (χ4n) is 1.53. The maximum atomic E-state index is 12.2. The van der Waals surface area contributed by atoms with Crippen molar-refractivity contribution in [2.75, 3.05) is 12.8 Å². The average Bonchev–Trinajstić information content (AvgIpc) is 2.88. The molecule has 2 rings (SSSR count). The molecule has 1 aromatic heterocycles. The number of nitrogens with one attached hydrogen (secondary N) is 2. The van der Waals surface area contributed by atoms with E-state index in [-0.39, 0.29) is 5.22 Å². The van der Waals surface area contributed by atoms with Gasteiger partial charge in [0, 0.05) is 18.8 Å². The van der Waals surface area contributed by atoms with Crippen LogP contribution in [0.1, 0.15) is 6.92 Å². The number of nitrogen functional groups attached to an aromatic ring is 1. The summed E-state index contributed by atoms with van der Waals surface area (Å²) < 4.78 is 17.6. The summed E-state index contributed by atoms with van der Waals surface area (Å²) in [5, 5.41) is 3.21. The topological polar surface area (TPSA) is 127 Å². The van der Waals surface area contributed by atoms with Crippen molar-refractivity contribution in [3.8, 4) is 0 Å². The molecule has 1 heterocycles. The van der Waals surface area contributed by atoms with Gasteiger partial charge < -0.3 is 15.5 Å². The van der Waals surface area contributed by atoms with Gasteiger partial charge in [0.25, 0.3) is 5.22 Å². The molecular weight excluding hydrogens is 296 g/mol. The molecule has 21 heavy (non-hydrogen) atoms. The van der Waals surface area contributed by atoms with E-state index in [2.05, 4.69) is 15.6 Å². The second-order valence-electron chi connectivity index (χ2n) is 4.21. The van der Waals surface area contributed by atoms with Crippen LogP contribution in [0.15, 0.2) is 27.8 Å². The van der Waals surface area contributed by atoms with E-state index in [0.29, 0.717) is 16.8 Å². The predicted octanol–water partition coefficient (Wildman–Crippen LogP) is 0.362. The second-order valence-corrected chi connectivity index (χ2v) is 5.87. The first-order valence-corrected chi connectivity index (χ1v) is 7.23. The Bertz CT molecular complexity index is 727. The SMILES string of the molecule is CNC(=O)NC(=O)C(C)S(=O)c1nc2ccc(N)cc2o1. The number of hydrogen-bond acceptors (Lipinski definition) is 6. The third-order valence-electron chi connectivity index (χ3n) is 2.72. The highest BCUT2D eigenvalue weighted by Crippen LogP contribution is 2.21. The Morgan fingerprint density at radius 1 is 1.43 bits per heavy atom. The molecule has 3 amide bonds. The molecule has 2 unspecified atom stereocenters. The number of imide groups is 1. The number of carbonyl (C=O) groups is 2. The Hall–Kier alpha value is -2.42. The van der Waals surface area contributed by atoms with Gasteiger partial charge in [-0.3, -0.25) is 10.1 Å². The minimum Gasteiger partial charge on any atom is -0.430 e. The lowest BCUT2D eigenvalue weighted by atomic mass is 10.3. The number of rotatable bonds is 3. The van der Waals surface area contributed by atoms with Crippen molar-refractivity contribution in [3.63, 3.8) is 0 Å². The lowest BCUT2D eigenvalue weighted by Gasteiger charge is -2.08. The highest BCUT2D eigenvalue weighted by atomic mass is 32.2. The number of aromatic nitrogens is 1. The van der Waals surface area contributed by atoms with Gasteiger partial charge in [-0.1, -0.05) is 0 Å². The number of nitrogens with two attached hydrogens (primary N) is 1. The summed E-state index contributed by atoms with van der Waals surface area (Å²) in [5.41, 5.74) is 6.98. The maximum Gasteiger partial charge on any atom is 0.321 e. The molecular formula is C12H14N4O4S. The summed E-state index contributed by atoms with van der Waals surface area (Å²) in [6.07, 6.45) is 0. The number of anilines is 1. The van der Waals surface area contributed by atoms with Crippen molar-refractivity contribution in [1.29, 1.82) is 0 Å². The van der Waals surface area contributed by atoms with Gasteiger partial charge in [0.15, 0.2) is 5.58 Å². The largest absolute Gasteiger partial charge is 0.430 e. The van der Waals surface area contributed by atoms with Crippen LogP contribution in [0, 0.1) is 0 Å². The van der Waals surface area contributed by atoms with Gasteiger partial charge in [-0.2, -0.15) is 0 Å². The van der Waals surface area contributed by atoms with Crippen molar-refractivity contribution >= 4 is 39.5 Å². The molecule has 9 heteroatoms. The molecule has 1 aromatic carbocycles. The summed E-state index contributed by atoms with van der Waals surface area (Å²) >= 11 is 0. The quantitative estimate of drug-likeness (QED) is 0.702. The molecule has 0 spiro atoms. The van der Waals surface area contributed by atoms with E-state index in [9.17, 15) is 13.8 Å². The molecule has 0 bridgehead atoms. The Morgan fingerprint density at radius 2 is 2.14 bits per heavy atom. The zero-order valence-corrected chi connectivity index (χ0v) is 12.2. The van der Waals surface area contributed by atoms with E-state index in [0.717, 1.165) is 0 Å². The van der Waals surface area contributed by atoms with E-state index < -0.39 is 28.0 Å². The van der Waals surface area contributed by atoms with Crippen molar-refractivity contribution in [2.45, 2.75) is 17.4 Å². The third-order valence-corrected chi connectivity index (χ3v) is 4.09. The Morgan fingerprint density at radius 3 is 2.81 bits per heavy atom. The number of fused-ring (bicyclic) bond motifs is 1. The van der Waals surface area contributed by atoms with E-state index >= 15 is 0 Å². The number of oxazole rings is 1. The Labute approximate surface area is 122 Å². The number of nitrogens with zero attached hydrogens (tertiary/aromatic N) is 1. The number of carbonyl (C=O) groups excluding carboxylic acids is 2. The number of hydrogen-bond donors (Lipinski definition) is 3. The van der Waals surface area contributed by atoms with E-state index in [1.807, 2.05) is 0 Å². The van der Waals surface area contributed by atoms with Gasteiger partial charge in [0.2, 0.25) is 5.91 Å². The minimum absolute atomic E-state index is 0.0878. The zero-order valence-electron chi connectivity index (χ0n) is 11.4. The molecule has 0 aliphatic rings. The fraction of sp³-hybridized carbons (Fsp3) is 0.250. The van der Waals surface area contributed by atoms with Crippen molar-refractivity contribution in [2.24, 2.45) is 0 Å². The molecule has 8 nitrogen and oxygen atoms in total. The van der Waals surface area contributed by atoms with Crippen LogP contribution >= 0.6 is 0 Å². The van der Waals surface area contributed by atoms with Crippen LogP contribution in [0.2, 0.25) is 0 Å². The standard InChI is InChI=1S/C12H14N4O4S/c1-6(10(17)16-11(18)14-2)21(19)12-15-8-4-3-7(13)5-9(8)20-12/h3-6H,13H2,1-2H3,(H2,14,16,17,18). The first-order valence-electron chi connectivity index (χ1n) is 6.01. The molecule has 0 saturated carbocycles. The second kappa shape index (κ2) is 5.92.